The molecule has 0 radical (unpaired) electrons. The predicted molar refractivity (Wildman–Crippen MR) is 124 cm³/mol. The van der Waals surface area contributed by atoms with Crippen molar-refractivity contribution in [2.75, 3.05) is 0 Å². The summed E-state index contributed by atoms with van der Waals surface area (Å²) >= 11 is 0. The molecular weight excluding hydrogens is 438 g/mol. The zero-order chi connectivity index (χ0) is 24.2. The van der Waals surface area contributed by atoms with E-state index in [1.165, 1.54) is 17.0 Å². The molecule has 8 heteroatoms. The molecule has 2 aromatic heterocycles. The largest absolute Gasteiger partial charge is 0.385 e. The molecule has 4 aromatic rings. The molecule has 174 valence electrons. The van der Waals surface area contributed by atoms with E-state index in [9.17, 15) is 9.90 Å². The van der Waals surface area contributed by atoms with Crippen LogP contribution in [-0.2, 0) is 25.7 Å². The fourth-order valence-corrected chi connectivity index (χ4v) is 4.51. The van der Waals surface area contributed by atoms with Crippen molar-refractivity contribution >= 4 is 16.8 Å². The van der Waals surface area contributed by atoms with Gasteiger partial charge in [0.05, 0.1) is 35.5 Å². The molecule has 5 rings (SSSR count). The van der Waals surface area contributed by atoms with Gasteiger partial charge >= 0.3 is 0 Å². The molecular formula is C26H24F2N4O2. The predicted octanol–water partition coefficient (Wildman–Crippen LogP) is 4.69. The summed E-state index contributed by atoms with van der Waals surface area (Å²) in [6.07, 6.45) is 3.86. The molecule has 1 atom stereocenters. The van der Waals surface area contributed by atoms with Crippen molar-refractivity contribution in [3.63, 3.8) is 0 Å². The van der Waals surface area contributed by atoms with E-state index in [0.717, 1.165) is 0 Å². The number of carbonyl (C=O) groups excluding carboxylic acids is 1. The Labute approximate surface area is 195 Å². The van der Waals surface area contributed by atoms with Gasteiger partial charge in [0.15, 0.2) is 0 Å². The average molecular weight is 463 g/mol. The number of halogens is 2. The number of benzene rings is 2. The Hall–Kier alpha value is -3.65. The highest BCUT2D eigenvalue weighted by Gasteiger charge is 2.30. The van der Waals surface area contributed by atoms with Crippen molar-refractivity contribution in [3.8, 4) is 11.1 Å². The van der Waals surface area contributed by atoms with Gasteiger partial charge in [0.2, 0.25) is 0 Å². The Bertz CT molecular complexity index is 1420. The smallest absolute Gasteiger partial charge is 0.256 e. The molecule has 0 saturated heterocycles. The summed E-state index contributed by atoms with van der Waals surface area (Å²) in [6, 6.07) is 9.40. The van der Waals surface area contributed by atoms with E-state index in [0.29, 0.717) is 45.3 Å². The monoisotopic (exact) mass is 462 g/mol. The quantitative estimate of drug-likeness (QED) is 0.467. The molecule has 34 heavy (non-hydrogen) atoms. The molecule has 1 N–H and O–H groups in total. The number of hydrogen-bond donors (Lipinski definition) is 1. The summed E-state index contributed by atoms with van der Waals surface area (Å²) in [5.41, 5.74) is 2.03. The Morgan fingerprint density at radius 2 is 1.88 bits per heavy atom. The number of pyridine rings is 1. The number of aryl methyl sites for hydroxylation is 1. The number of amides is 1. The number of fused-ring (bicyclic) bond motifs is 2. The number of rotatable bonds is 5. The summed E-state index contributed by atoms with van der Waals surface area (Å²) in [5, 5.41) is 16.0. The summed E-state index contributed by atoms with van der Waals surface area (Å²) < 4.78 is 32.0. The first-order valence-corrected chi connectivity index (χ1v) is 11.1. The Kier molecular flexibility index (Phi) is 5.20. The van der Waals surface area contributed by atoms with Gasteiger partial charge in [-0.05, 0) is 48.7 Å². The van der Waals surface area contributed by atoms with Crippen LogP contribution < -0.4 is 0 Å². The van der Waals surface area contributed by atoms with Gasteiger partial charge in [-0.25, -0.2) is 8.78 Å². The number of aliphatic hydroxyl groups is 1. The SMILES string of the molecule is CCC(C)(O)c1ccc(-c2cc(F)c(CN3Cc4ncccc4C3=O)c(F)c2)c2cn(C)nc12. The van der Waals surface area contributed by atoms with Crippen molar-refractivity contribution in [1.82, 2.24) is 19.7 Å². The molecule has 1 amide bonds. The number of carbonyl (C=O) groups is 1. The van der Waals surface area contributed by atoms with Gasteiger partial charge < -0.3 is 10.0 Å². The van der Waals surface area contributed by atoms with E-state index in [1.807, 2.05) is 6.92 Å². The van der Waals surface area contributed by atoms with Crippen LogP contribution >= 0.6 is 0 Å². The van der Waals surface area contributed by atoms with E-state index in [4.69, 9.17) is 0 Å². The maximum absolute atomic E-state index is 15.2. The van der Waals surface area contributed by atoms with Crippen LogP contribution in [0.15, 0.2) is 48.8 Å². The Morgan fingerprint density at radius 1 is 1.15 bits per heavy atom. The van der Waals surface area contributed by atoms with Gasteiger partial charge in [-0.2, -0.15) is 5.10 Å². The molecule has 3 heterocycles. The highest BCUT2D eigenvalue weighted by atomic mass is 19.1. The number of aromatic nitrogens is 3. The normalized spacial score (nSPS) is 15.1. The van der Waals surface area contributed by atoms with Crippen molar-refractivity contribution < 1.29 is 18.7 Å². The lowest BCUT2D eigenvalue weighted by atomic mass is 9.89. The van der Waals surface area contributed by atoms with Gasteiger partial charge in [0, 0.05) is 36.0 Å². The molecule has 0 aliphatic carbocycles. The third kappa shape index (κ3) is 3.54. The minimum atomic E-state index is -1.08. The highest BCUT2D eigenvalue weighted by molar-refractivity contribution is 5.98. The Balaban J connectivity index is 1.53. The summed E-state index contributed by atoms with van der Waals surface area (Å²) in [4.78, 5) is 18.2. The summed E-state index contributed by atoms with van der Waals surface area (Å²) in [6.45, 7) is 3.63. The summed E-state index contributed by atoms with van der Waals surface area (Å²) in [7, 11) is 1.76. The van der Waals surface area contributed by atoms with Crippen LogP contribution in [0.5, 0.6) is 0 Å². The Morgan fingerprint density at radius 3 is 2.56 bits per heavy atom. The van der Waals surface area contributed by atoms with Crippen LogP contribution in [0.1, 0.15) is 47.4 Å². The van der Waals surface area contributed by atoms with Crippen molar-refractivity contribution in [2.24, 2.45) is 7.05 Å². The zero-order valence-electron chi connectivity index (χ0n) is 19.1. The lowest BCUT2D eigenvalue weighted by Crippen LogP contribution is -2.24. The molecule has 0 spiro atoms. The first kappa shape index (κ1) is 22.2. The second-order valence-corrected chi connectivity index (χ2v) is 8.93. The second-order valence-electron chi connectivity index (χ2n) is 8.93. The van der Waals surface area contributed by atoms with Gasteiger partial charge in [-0.15, -0.1) is 0 Å². The molecule has 1 aliphatic heterocycles. The molecule has 1 aliphatic rings. The van der Waals surface area contributed by atoms with Crippen LogP contribution in [-0.4, -0.2) is 30.7 Å². The third-order valence-corrected chi connectivity index (χ3v) is 6.61. The van der Waals surface area contributed by atoms with Crippen LogP contribution in [0.4, 0.5) is 8.78 Å². The van der Waals surface area contributed by atoms with Crippen LogP contribution in [0.25, 0.3) is 22.0 Å². The molecule has 1 unspecified atom stereocenters. The van der Waals surface area contributed by atoms with E-state index in [2.05, 4.69) is 10.1 Å². The van der Waals surface area contributed by atoms with E-state index in [-0.39, 0.29) is 24.6 Å². The van der Waals surface area contributed by atoms with Crippen LogP contribution in [0, 0.1) is 11.6 Å². The molecule has 6 nitrogen and oxygen atoms in total. The molecule has 2 aromatic carbocycles. The first-order valence-electron chi connectivity index (χ1n) is 11.1. The lowest BCUT2D eigenvalue weighted by Gasteiger charge is -2.23. The van der Waals surface area contributed by atoms with Crippen LogP contribution in [0.3, 0.4) is 0 Å². The maximum Gasteiger partial charge on any atom is 0.256 e. The fraction of sp³-hybridized carbons (Fsp3) is 0.269. The van der Waals surface area contributed by atoms with Crippen LogP contribution in [0.2, 0.25) is 0 Å². The second kappa shape index (κ2) is 7.99. The molecule has 0 bridgehead atoms. The highest BCUT2D eigenvalue weighted by Crippen LogP contribution is 2.37. The van der Waals surface area contributed by atoms with E-state index < -0.39 is 17.2 Å². The van der Waals surface area contributed by atoms with E-state index >= 15 is 8.78 Å². The topological polar surface area (TPSA) is 71.2 Å². The zero-order valence-corrected chi connectivity index (χ0v) is 19.1. The van der Waals surface area contributed by atoms with Crippen molar-refractivity contribution in [3.05, 3.63) is 82.8 Å². The minimum Gasteiger partial charge on any atom is -0.385 e. The molecule has 0 fully saturated rings. The number of hydrogen-bond acceptors (Lipinski definition) is 4. The third-order valence-electron chi connectivity index (χ3n) is 6.61. The average Bonchev–Trinajstić information content (AvgIpc) is 3.34. The molecule has 0 saturated carbocycles. The van der Waals surface area contributed by atoms with Crippen molar-refractivity contribution in [1.29, 1.82) is 0 Å². The van der Waals surface area contributed by atoms with E-state index in [1.54, 1.807) is 55.3 Å². The van der Waals surface area contributed by atoms with Gasteiger partial charge in [-0.3, -0.25) is 14.5 Å². The minimum absolute atomic E-state index is 0.169. The maximum atomic E-state index is 15.2. The van der Waals surface area contributed by atoms with Gasteiger partial charge in [0.25, 0.3) is 5.91 Å². The lowest BCUT2D eigenvalue weighted by molar-refractivity contribution is 0.0544. The number of nitrogens with zero attached hydrogens (tertiary/aromatic N) is 4. The van der Waals surface area contributed by atoms with Gasteiger partial charge in [0.1, 0.15) is 11.6 Å². The standard InChI is InChI=1S/C26H24F2N4O2/c1-4-26(2,34)20-8-7-16(18-12-31(3)30-24(18)20)15-10-21(27)19(22(28)11-15)13-32-14-23-17(25(32)33)6-5-9-29-23/h5-12,34H,4,13-14H2,1-3H3. The summed E-state index contributed by atoms with van der Waals surface area (Å²) in [5.74, 6) is -1.75. The van der Waals surface area contributed by atoms with Gasteiger partial charge in [-0.1, -0.05) is 19.1 Å². The fourth-order valence-electron chi connectivity index (χ4n) is 4.51. The van der Waals surface area contributed by atoms with Crippen molar-refractivity contribution in [2.45, 2.75) is 39.0 Å². The first-order chi connectivity index (χ1) is 16.2.